The number of halogens is 2. The maximum Gasteiger partial charge on any atom is 0.240 e. The van der Waals surface area contributed by atoms with E-state index in [1.54, 1.807) is 0 Å². The monoisotopic (exact) mass is 353 g/mol. The second-order valence-electron chi connectivity index (χ2n) is 7.55. The molecule has 0 aromatic carbocycles. The molecule has 1 saturated heterocycles. The van der Waals surface area contributed by atoms with Crippen LogP contribution in [-0.2, 0) is 4.79 Å². The minimum atomic E-state index is -0.606. The van der Waals surface area contributed by atoms with Crippen LogP contribution in [0.3, 0.4) is 0 Å². The smallest absolute Gasteiger partial charge is 0.240 e. The number of carbonyl (C=O) groups is 1. The molecule has 2 aliphatic rings. The summed E-state index contributed by atoms with van der Waals surface area (Å²) in [6.45, 7) is 9.73. The zero-order valence-electron chi connectivity index (χ0n) is 14.2. The minimum Gasteiger partial charge on any atom is -0.353 e. The van der Waals surface area contributed by atoms with E-state index >= 15 is 0 Å². The average Bonchev–Trinajstić information content (AvgIpc) is 2.84. The van der Waals surface area contributed by atoms with Crippen LogP contribution in [0, 0.1) is 5.92 Å². The number of rotatable bonds is 4. The summed E-state index contributed by atoms with van der Waals surface area (Å²) >= 11 is 0. The zero-order valence-corrected chi connectivity index (χ0v) is 15.8. The molecule has 1 aliphatic carbocycles. The molecule has 1 atom stereocenters. The van der Waals surface area contributed by atoms with Crippen molar-refractivity contribution < 1.29 is 4.79 Å². The van der Waals surface area contributed by atoms with Gasteiger partial charge in [0.1, 0.15) is 0 Å². The number of piperidine rings is 1. The van der Waals surface area contributed by atoms with Gasteiger partial charge in [0.2, 0.25) is 5.91 Å². The summed E-state index contributed by atoms with van der Waals surface area (Å²) in [5.74, 6) is 0.808. The molecule has 3 N–H and O–H groups in total. The Bertz CT molecular complexity index is 357. The lowest BCUT2D eigenvalue weighted by Gasteiger charge is -2.43. The van der Waals surface area contributed by atoms with Crippen LogP contribution in [0.4, 0.5) is 0 Å². The Hall–Kier alpha value is -0.0300. The maximum atomic E-state index is 12.3. The van der Waals surface area contributed by atoms with Crippen LogP contribution >= 0.6 is 24.8 Å². The topological polar surface area (TPSA) is 58.4 Å². The predicted molar refractivity (Wildman–Crippen MR) is 96.9 cm³/mol. The fourth-order valence-corrected chi connectivity index (χ4v) is 3.56. The normalized spacial score (nSPS) is 25.0. The lowest BCUT2D eigenvalue weighted by atomic mass is 9.92. The highest BCUT2D eigenvalue weighted by molar-refractivity contribution is 5.86. The third-order valence-electron chi connectivity index (χ3n) is 5.14. The van der Waals surface area contributed by atoms with Crippen molar-refractivity contribution in [1.82, 2.24) is 10.2 Å². The largest absolute Gasteiger partial charge is 0.353 e. The van der Waals surface area contributed by atoms with Crippen LogP contribution in [-0.4, -0.2) is 41.5 Å². The molecule has 2 fully saturated rings. The standard InChI is InChI=1S/C16H31N3O.2ClH/c1-13-7-6-10-19(11-13)15(2,3)12-18-14(20)16(17)8-4-5-9-16;;/h13H,4-12,17H2,1-3H3,(H,18,20);2*1H. The maximum absolute atomic E-state index is 12.3. The first-order valence-corrected chi connectivity index (χ1v) is 8.16. The summed E-state index contributed by atoms with van der Waals surface area (Å²) in [7, 11) is 0. The van der Waals surface area contributed by atoms with Crippen molar-refractivity contribution in [3.8, 4) is 0 Å². The molecule has 0 aromatic rings. The molecule has 0 bridgehead atoms. The average molecular weight is 354 g/mol. The quantitative estimate of drug-likeness (QED) is 0.816. The predicted octanol–water partition coefficient (Wildman–Crippen LogP) is 2.73. The van der Waals surface area contributed by atoms with Crippen LogP contribution in [0.15, 0.2) is 0 Å². The van der Waals surface area contributed by atoms with Gasteiger partial charge in [-0.25, -0.2) is 0 Å². The summed E-state index contributed by atoms with van der Waals surface area (Å²) in [6, 6.07) is 0. The second-order valence-corrected chi connectivity index (χ2v) is 7.55. The van der Waals surface area contributed by atoms with Crippen molar-refractivity contribution in [1.29, 1.82) is 0 Å². The van der Waals surface area contributed by atoms with Crippen LogP contribution < -0.4 is 11.1 Å². The van der Waals surface area contributed by atoms with Crippen LogP contribution in [0.1, 0.15) is 59.3 Å². The Labute approximate surface area is 147 Å². The number of nitrogens with two attached hydrogens (primary N) is 1. The van der Waals surface area contributed by atoms with Gasteiger partial charge in [0.15, 0.2) is 0 Å². The van der Waals surface area contributed by atoms with E-state index in [0.717, 1.165) is 44.7 Å². The lowest BCUT2D eigenvalue weighted by molar-refractivity contribution is -0.126. The van der Waals surface area contributed by atoms with Gasteiger partial charge in [-0.2, -0.15) is 0 Å². The molecule has 132 valence electrons. The van der Waals surface area contributed by atoms with Crippen molar-refractivity contribution in [2.24, 2.45) is 11.7 Å². The van der Waals surface area contributed by atoms with Crippen molar-refractivity contribution in [3.63, 3.8) is 0 Å². The van der Waals surface area contributed by atoms with Crippen LogP contribution in [0.2, 0.25) is 0 Å². The Balaban J connectivity index is 0.00000220. The minimum absolute atomic E-state index is 0. The molecule has 1 aliphatic heterocycles. The molecule has 2 rings (SSSR count). The van der Waals surface area contributed by atoms with E-state index in [9.17, 15) is 4.79 Å². The first-order valence-electron chi connectivity index (χ1n) is 8.16. The molecule has 4 nitrogen and oxygen atoms in total. The van der Waals surface area contributed by atoms with Gasteiger partial charge in [0, 0.05) is 18.6 Å². The molecule has 1 saturated carbocycles. The summed E-state index contributed by atoms with van der Waals surface area (Å²) < 4.78 is 0. The highest BCUT2D eigenvalue weighted by Gasteiger charge is 2.38. The number of hydrogen-bond acceptors (Lipinski definition) is 3. The summed E-state index contributed by atoms with van der Waals surface area (Å²) in [4.78, 5) is 14.8. The van der Waals surface area contributed by atoms with E-state index < -0.39 is 5.54 Å². The first kappa shape index (κ1) is 22.0. The van der Waals surface area contributed by atoms with Crippen molar-refractivity contribution >= 4 is 30.7 Å². The Morgan fingerprint density at radius 1 is 1.27 bits per heavy atom. The molecule has 0 radical (unpaired) electrons. The number of carbonyl (C=O) groups excluding carboxylic acids is 1. The second kappa shape index (κ2) is 8.72. The zero-order chi connectivity index (χ0) is 14.8. The van der Waals surface area contributed by atoms with Crippen LogP contribution in [0.25, 0.3) is 0 Å². The van der Waals surface area contributed by atoms with Crippen molar-refractivity contribution in [2.45, 2.75) is 70.4 Å². The molecule has 22 heavy (non-hydrogen) atoms. The molecule has 6 heteroatoms. The third kappa shape index (κ3) is 5.26. The molecular weight excluding hydrogens is 321 g/mol. The van der Waals surface area contributed by atoms with Gasteiger partial charge in [-0.15, -0.1) is 24.8 Å². The Morgan fingerprint density at radius 2 is 1.86 bits per heavy atom. The summed E-state index contributed by atoms with van der Waals surface area (Å²) in [6.07, 6.45) is 6.41. The molecular formula is C16H33Cl2N3O. The SMILES string of the molecule is CC1CCCN(C(C)(C)CNC(=O)C2(N)CCCC2)C1.Cl.Cl. The molecule has 0 aromatic heterocycles. The van der Waals surface area contributed by atoms with Gasteiger partial charge in [-0.05, 0) is 52.0 Å². The van der Waals surface area contributed by atoms with Gasteiger partial charge >= 0.3 is 0 Å². The first-order chi connectivity index (χ1) is 9.33. The van der Waals surface area contributed by atoms with Gasteiger partial charge < -0.3 is 11.1 Å². The fourth-order valence-electron chi connectivity index (χ4n) is 3.56. The lowest BCUT2D eigenvalue weighted by Crippen LogP contribution is -2.58. The van der Waals surface area contributed by atoms with Crippen molar-refractivity contribution in [2.75, 3.05) is 19.6 Å². The van der Waals surface area contributed by atoms with E-state index in [1.807, 2.05) is 0 Å². The Morgan fingerprint density at radius 3 is 2.41 bits per heavy atom. The van der Waals surface area contributed by atoms with Gasteiger partial charge in [-0.1, -0.05) is 19.8 Å². The fraction of sp³-hybridized carbons (Fsp3) is 0.938. The number of nitrogens with zero attached hydrogens (tertiary/aromatic N) is 1. The van der Waals surface area contributed by atoms with Crippen molar-refractivity contribution in [3.05, 3.63) is 0 Å². The Kier molecular flexibility index (Phi) is 8.71. The molecule has 1 amide bonds. The van der Waals surface area contributed by atoms with E-state index in [1.165, 1.54) is 12.8 Å². The summed E-state index contributed by atoms with van der Waals surface area (Å²) in [5, 5.41) is 3.11. The number of amides is 1. The van der Waals surface area contributed by atoms with E-state index in [2.05, 4.69) is 31.0 Å². The number of nitrogens with one attached hydrogen (secondary N) is 1. The van der Waals surface area contributed by atoms with Gasteiger partial charge in [0.25, 0.3) is 0 Å². The van der Waals surface area contributed by atoms with Crippen LogP contribution in [0.5, 0.6) is 0 Å². The van der Waals surface area contributed by atoms with E-state index in [-0.39, 0.29) is 36.3 Å². The summed E-state index contributed by atoms with van der Waals surface area (Å²) in [5.41, 5.74) is 5.61. The van der Waals surface area contributed by atoms with E-state index in [0.29, 0.717) is 6.54 Å². The highest BCUT2D eigenvalue weighted by atomic mass is 35.5. The molecule has 1 heterocycles. The molecule has 1 unspecified atom stereocenters. The number of likely N-dealkylation sites (tertiary alicyclic amines) is 1. The molecule has 0 spiro atoms. The third-order valence-corrected chi connectivity index (χ3v) is 5.14. The number of hydrogen-bond donors (Lipinski definition) is 2. The van der Waals surface area contributed by atoms with Gasteiger partial charge in [0.05, 0.1) is 5.54 Å². The highest BCUT2D eigenvalue weighted by Crippen LogP contribution is 2.28. The van der Waals surface area contributed by atoms with E-state index in [4.69, 9.17) is 5.73 Å². The van der Waals surface area contributed by atoms with Gasteiger partial charge in [-0.3, -0.25) is 9.69 Å².